The van der Waals surface area contributed by atoms with Gasteiger partial charge in [0.25, 0.3) is 0 Å². The summed E-state index contributed by atoms with van der Waals surface area (Å²) in [5, 5.41) is 7.58. The highest BCUT2D eigenvalue weighted by Gasteiger charge is 2.25. The van der Waals surface area contributed by atoms with Crippen LogP contribution in [0.2, 0.25) is 0 Å². The highest BCUT2D eigenvalue weighted by Crippen LogP contribution is 2.33. The van der Waals surface area contributed by atoms with Gasteiger partial charge in [-0.1, -0.05) is 30.3 Å². The van der Waals surface area contributed by atoms with Crippen LogP contribution in [0.15, 0.2) is 54.9 Å². The van der Waals surface area contributed by atoms with E-state index in [1.807, 2.05) is 18.3 Å². The first-order chi connectivity index (χ1) is 13.3. The maximum absolute atomic E-state index is 5.87. The first-order valence-electron chi connectivity index (χ1n) is 9.81. The molecule has 2 aromatic heterocycles. The molecule has 5 heteroatoms. The fraction of sp³-hybridized carbons (Fsp3) is 0.364. The first-order valence-corrected chi connectivity index (χ1v) is 9.81. The van der Waals surface area contributed by atoms with Crippen molar-refractivity contribution >= 4 is 5.82 Å². The molecule has 0 saturated carbocycles. The van der Waals surface area contributed by atoms with Crippen molar-refractivity contribution in [3.8, 4) is 11.1 Å². The van der Waals surface area contributed by atoms with Crippen molar-refractivity contribution < 1.29 is 0 Å². The van der Waals surface area contributed by atoms with E-state index in [-0.39, 0.29) is 0 Å². The Balaban J connectivity index is 1.39. The van der Waals surface area contributed by atoms with Gasteiger partial charge in [-0.25, -0.2) is 4.98 Å². The Morgan fingerprint density at radius 1 is 1.19 bits per heavy atom. The van der Waals surface area contributed by atoms with E-state index in [1.54, 1.807) is 6.20 Å². The summed E-state index contributed by atoms with van der Waals surface area (Å²) < 4.78 is 0. The lowest BCUT2D eigenvalue weighted by Crippen LogP contribution is -2.35. The molecule has 0 amide bonds. The minimum absolute atomic E-state index is 0.488. The van der Waals surface area contributed by atoms with E-state index in [0.717, 1.165) is 30.6 Å². The van der Waals surface area contributed by atoms with Gasteiger partial charge in [-0.3, -0.25) is 5.10 Å². The Morgan fingerprint density at radius 2 is 2.07 bits per heavy atom. The van der Waals surface area contributed by atoms with Crippen LogP contribution in [0.1, 0.15) is 36.4 Å². The van der Waals surface area contributed by atoms with Crippen molar-refractivity contribution in [3.05, 3.63) is 66.1 Å². The molecule has 3 aromatic rings. The summed E-state index contributed by atoms with van der Waals surface area (Å²) in [7, 11) is 0. The molecule has 0 spiro atoms. The van der Waals surface area contributed by atoms with Crippen LogP contribution < -0.4 is 5.73 Å². The predicted octanol–water partition coefficient (Wildman–Crippen LogP) is 3.87. The van der Waals surface area contributed by atoms with Crippen LogP contribution in [-0.4, -0.2) is 39.7 Å². The lowest BCUT2D eigenvalue weighted by Gasteiger charge is -2.32. The molecule has 1 aromatic carbocycles. The second-order valence-electron chi connectivity index (χ2n) is 7.40. The number of anilines is 1. The molecule has 0 bridgehead atoms. The average Bonchev–Trinajstić information content (AvgIpc) is 3.19. The van der Waals surface area contributed by atoms with Gasteiger partial charge in [-0.05, 0) is 62.0 Å². The second-order valence-corrected chi connectivity index (χ2v) is 7.40. The van der Waals surface area contributed by atoms with Gasteiger partial charge in [-0.15, -0.1) is 0 Å². The number of likely N-dealkylation sites (tertiary alicyclic amines) is 1. The zero-order valence-electron chi connectivity index (χ0n) is 15.6. The smallest absolute Gasteiger partial charge is 0.123 e. The van der Waals surface area contributed by atoms with Crippen LogP contribution >= 0.6 is 0 Å². The highest BCUT2D eigenvalue weighted by molar-refractivity contribution is 5.67. The van der Waals surface area contributed by atoms with E-state index in [1.165, 1.54) is 37.1 Å². The van der Waals surface area contributed by atoms with Gasteiger partial charge >= 0.3 is 0 Å². The third-order valence-corrected chi connectivity index (χ3v) is 5.46. The molecule has 1 fully saturated rings. The predicted molar refractivity (Wildman–Crippen MR) is 109 cm³/mol. The van der Waals surface area contributed by atoms with E-state index in [0.29, 0.717) is 11.7 Å². The monoisotopic (exact) mass is 361 g/mol. The molecule has 5 nitrogen and oxygen atoms in total. The van der Waals surface area contributed by atoms with Crippen molar-refractivity contribution in [2.24, 2.45) is 0 Å². The number of hydrogen-bond donors (Lipinski definition) is 2. The SMILES string of the molecule is Nc1cc(-c2cn[nH]c2[C@H]2CCCN(CCCc3ccccc3)C2)ccn1. The number of piperidine rings is 1. The van der Waals surface area contributed by atoms with Crippen LogP contribution in [-0.2, 0) is 6.42 Å². The van der Waals surface area contributed by atoms with E-state index < -0.39 is 0 Å². The van der Waals surface area contributed by atoms with Gasteiger partial charge in [0.2, 0.25) is 0 Å². The molecule has 1 atom stereocenters. The Bertz CT molecular complexity index is 858. The third-order valence-electron chi connectivity index (χ3n) is 5.46. The lowest BCUT2D eigenvalue weighted by molar-refractivity contribution is 0.204. The summed E-state index contributed by atoms with van der Waals surface area (Å²) >= 11 is 0. The summed E-state index contributed by atoms with van der Waals surface area (Å²) in [4.78, 5) is 6.70. The van der Waals surface area contributed by atoms with Crippen LogP contribution in [0.4, 0.5) is 5.82 Å². The maximum Gasteiger partial charge on any atom is 0.123 e. The van der Waals surface area contributed by atoms with E-state index in [9.17, 15) is 0 Å². The zero-order valence-corrected chi connectivity index (χ0v) is 15.6. The van der Waals surface area contributed by atoms with Crippen LogP contribution in [0.5, 0.6) is 0 Å². The molecule has 1 aliphatic rings. The molecular weight excluding hydrogens is 334 g/mol. The first kappa shape index (κ1) is 17.7. The number of pyridine rings is 1. The van der Waals surface area contributed by atoms with Gasteiger partial charge < -0.3 is 10.6 Å². The number of aryl methyl sites for hydroxylation is 1. The number of nitrogens with zero attached hydrogens (tertiary/aromatic N) is 3. The van der Waals surface area contributed by atoms with Gasteiger partial charge in [0.1, 0.15) is 5.82 Å². The number of aromatic nitrogens is 3. The highest BCUT2D eigenvalue weighted by atomic mass is 15.1. The second kappa shape index (κ2) is 8.35. The Kier molecular flexibility index (Phi) is 5.49. The average molecular weight is 361 g/mol. The van der Waals surface area contributed by atoms with E-state index >= 15 is 0 Å². The number of hydrogen-bond acceptors (Lipinski definition) is 4. The topological polar surface area (TPSA) is 70.8 Å². The molecule has 27 heavy (non-hydrogen) atoms. The van der Waals surface area contributed by atoms with Gasteiger partial charge in [0, 0.05) is 29.9 Å². The fourth-order valence-electron chi connectivity index (χ4n) is 4.10. The normalized spacial score (nSPS) is 17.9. The lowest BCUT2D eigenvalue weighted by atomic mass is 9.90. The summed E-state index contributed by atoms with van der Waals surface area (Å²) in [6.07, 6.45) is 8.45. The van der Waals surface area contributed by atoms with E-state index in [2.05, 4.69) is 50.4 Å². The molecule has 1 saturated heterocycles. The number of nitrogen functional groups attached to an aromatic ring is 1. The summed E-state index contributed by atoms with van der Waals surface area (Å²) in [6.45, 7) is 3.43. The molecule has 140 valence electrons. The fourth-order valence-corrected chi connectivity index (χ4v) is 4.10. The van der Waals surface area contributed by atoms with Gasteiger partial charge in [0.15, 0.2) is 0 Å². The standard InChI is InChI=1S/C22H27N5/c23-21-14-18(10-11-24-21)20-15-25-26-22(20)19-9-5-13-27(16-19)12-4-8-17-6-2-1-3-7-17/h1-3,6-7,10-11,14-15,19H,4-5,8-9,12-13,16H2,(H2,23,24)(H,25,26)/t19-/m0/s1. The Labute approximate surface area is 160 Å². The molecule has 0 radical (unpaired) electrons. The minimum Gasteiger partial charge on any atom is -0.384 e. The van der Waals surface area contributed by atoms with Crippen LogP contribution in [0.25, 0.3) is 11.1 Å². The van der Waals surface area contributed by atoms with Crippen molar-refractivity contribution in [1.29, 1.82) is 0 Å². The number of nitrogens with two attached hydrogens (primary N) is 1. The molecule has 0 aliphatic carbocycles. The summed E-state index contributed by atoms with van der Waals surface area (Å²) in [6, 6.07) is 14.7. The number of benzene rings is 1. The quantitative estimate of drug-likeness (QED) is 0.699. The van der Waals surface area contributed by atoms with Crippen molar-refractivity contribution in [2.75, 3.05) is 25.4 Å². The third kappa shape index (κ3) is 4.37. The van der Waals surface area contributed by atoms with Crippen molar-refractivity contribution in [2.45, 2.75) is 31.6 Å². The number of aromatic amines is 1. The zero-order chi connectivity index (χ0) is 18.5. The molecular formula is C22H27N5. The van der Waals surface area contributed by atoms with Gasteiger partial charge in [0.05, 0.1) is 6.20 Å². The van der Waals surface area contributed by atoms with Gasteiger partial charge in [-0.2, -0.15) is 5.10 Å². The summed E-state index contributed by atoms with van der Waals surface area (Å²) in [5.41, 5.74) is 10.8. The Morgan fingerprint density at radius 3 is 2.93 bits per heavy atom. The number of nitrogens with one attached hydrogen (secondary N) is 1. The maximum atomic E-state index is 5.87. The van der Waals surface area contributed by atoms with Crippen molar-refractivity contribution in [3.63, 3.8) is 0 Å². The number of H-pyrrole nitrogens is 1. The molecule has 3 N–H and O–H groups in total. The molecule has 0 unspecified atom stereocenters. The van der Waals surface area contributed by atoms with Crippen LogP contribution in [0, 0.1) is 0 Å². The van der Waals surface area contributed by atoms with E-state index in [4.69, 9.17) is 5.73 Å². The molecule has 4 rings (SSSR count). The van der Waals surface area contributed by atoms with Crippen LogP contribution in [0.3, 0.4) is 0 Å². The summed E-state index contributed by atoms with van der Waals surface area (Å²) in [5.74, 6) is 1.04. The molecule has 1 aliphatic heterocycles. The molecule has 3 heterocycles. The van der Waals surface area contributed by atoms with Crippen molar-refractivity contribution in [1.82, 2.24) is 20.1 Å². The minimum atomic E-state index is 0.488. The Hall–Kier alpha value is -2.66. The largest absolute Gasteiger partial charge is 0.384 e. The number of rotatable bonds is 6.